The summed E-state index contributed by atoms with van der Waals surface area (Å²) in [5.74, 6) is -3.65. The molecule has 0 aromatic carbocycles. The maximum absolute atomic E-state index is 9.10. The number of nitrogens with zero attached hydrogens (tertiary/aromatic N) is 1. The lowest BCUT2D eigenvalue weighted by Gasteiger charge is -1.99. The zero-order valence-electron chi connectivity index (χ0n) is 6.43. The van der Waals surface area contributed by atoms with E-state index >= 15 is 0 Å². The molecule has 0 radical (unpaired) electrons. The van der Waals surface area contributed by atoms with E-state index in [1.165, 1.54) is 5.06 Å². The van der Waals surface area contributed by atoms with Crippen LogP contribution in [0.25, 0.3) is 0 Å². The molecule has 0 aliphatic carbocycles. The predicted molar refractivity (Wildman–Crippen MR) is 37.9 cm³/mol. The Morgan fingerprint density at radius 3 is 1.42 bits per heavy atom. The van der Waals surface area contributed by atoms with Gasteiger partial charge in [-0.3, -0.25) is 0 Å². The summed E-state index contributed by atoms with van der Waals surface area (Å²) in [4.78, 5) is 18.2. The summed E-state index contributed by atoms with van der Waals surface area (Å²) >= 11 is 0. The quantitative estimate of drug-likeness (QED) is 0.436. The molecule has 6 heteroatoms. The summed E-state index contributed by atoms with van der Waals surface area (Å²) in [5.41, 5.74) is 0. The van der Waals surface area contributed by atoms with Gasteiger partial charge in [0.15, 0.2) is 0 Å². The van der Waals surface area contributed by atoms with Gasteiger partial charge in [-0.15, -0.1) is 0 Å². The van der Waals surface area contributed by atoms with Crippen molar-refractivity contribution in [2.24, 2.45) is 0 Å². The molecule has 0 saturated carbocycles. The minimum Gasteiger partial charge on any atom is -0.473 e. The topological polar surface area (TPSA) is 98.1 Å². The Morgan fingerprint density at radius 2 is 1.33 bits per heavy atom. The lowest BCUT2D eigenvalue weighted by molar-refractivity contribution is -0.159. The Labute approximate surface area is 69.0 Å². The molecule has 12 heavy (non-hydrogen) atoms. The van der Waals surface area contributed by atoms with Gasteiger partial charge in [-0.1, -0.05) is 0 Å². The van der Waals surface area contributed by atoms with Crippen molar-refractivity contribution < 1.29 is 25.0 Å². The summed E-state index contributed by atoms with van der Waals surface area (Å²) in [6, 6.07) is 0. The van der Waals surface area contributed by atoms with Gasteiger partial charge in [-0.2, -0.15) is 5.06 Å². The molecular weight excluding hydrogens is 166 g/mol. The largest absolute Gasteiger partial charge is 0.473 e. The highest BCUT2D eigenvalue weighted by Crippen LogP contribution is 2.01. The second-order valence-corrected chi connectivity index (χ2v) is 2.27. The Morgan fingerprint density at radius 1 is 1.00 bits per heavy atom. The number of carboxylic acids is 2. The van der Waals surface area contributed by atoms with Gasteiger partial charge in [0.1, 0.15) is 0 Å². The first-order chi connectivity index (χ1) is 5.54. The Bertz CT molecular complexity index is 151. The van der Waals surface area contributed by atoms with E-state index in [1.54, 1.807) is 0 Å². The number of carboxylic acid groups (broad SMARTS) is 2. The molecule has 0 bridgehead atoms. The number of hydrogen-bond donors (Lipinski definition) is 3. The van der Waals surface area contributed by atoms with Crippen molar-refractivity contribution in [2.75, 3.05) is 13.1 Å². The van der Waals surface area contributed by atoms with Crippen molar-refractivity contribution in [1.82, 2.24) is 5.06 Å². The van der Waals surface area contributed by atoms with Gasteiger partial charge < -0.3 is 15.4 Å². The average molecular weight is 177 g/mol. The zero-order chi connectivity index (χ0) is 9.56. The average Bonchev–Trinajstić information content (AvgIpc) is 2.40. The summed E-state index contributed by atoms with van der Waals surface area (Å²) in [6.07, 6.45) is 2.33. The summed E-state index contributed by atoms with van der Waals surface area (Å²) in [6.45, 7) is 1.75. The van der Waals surface area contributed by atoms with Crippen LogP contribution in [0, 0.1) is 0 Å². The van der Waals surface area contributed by atoms with Gasteiger partial charge in [0.05, 0.1) is 0 Å². The molecule has 1 aliphatic heterocycles. The molecule has 1 rings (SSSR count). The second-order valence-electron chi connectivity index (χ2n) is 2.27. The zero-order valence-corrected chi connectivity index (χ0v) is 6.43. The summed E-state index contributed by atoms with van der Waals surface area (Å²) in [5, 5.41) is 24.7. The van der Waals surface area contributed by atoms with E-state index in [0.29, 0.717) is 0 Å². The lowest BCUT2D eigenvalue weighted by Crippen LogP contribution is -2.11. The first-order valence-electron chi connectivity index (χ1n) is 3.44. The summed E-state index contributed by atoms with van der Waals surface area (Å²) < 4.78 is 0. The smallest absolute Gasteiger partial charge is 0.414 e. The van der Waals surface area contributed by atoms with Crippen molar-refractivity contribution in [2.45, 2.75) is 12.8 Å². The van der Waals surface area contributed by atoms with E-state index in [-0.39, 0.29) is 0 Å². The Kier molecular flexibility index (Phi) is 4.98. The Hall–Kier alpha value is -1.14. The molecule has 0 aromatic rings. The fourth-order valence-electron chi connectivity index (χ4n) is 0.700. The van der Waals surface area contributed by atoms with Gasteiger partial charge in [0, 0.05) is 13.1 Å². The molecule has 1 heterocycles. The van der Waals surface area contributed by atoms with Crippen LogP contribution in [0.1, 0.15) is 12.8 Å². The summed E-state index contributed by atoms with van der Waals surface area (Å²) in [7, 11) is 0. The third-order valence-electron chi connectivity index (χ3n) is 1.27. The van der Waals surface area contributed by atoms with E-state index in [9.17, 15) is 0 Å². The van der Waals surface area contributed by atoms with E-state index < -0.39 is 11.9 Å². The standard InChI is InChI=1S/C4H9NO.C2H2O4/c6-5-3-1-2-4-5;3-1(4)2(5)6/h6H,1-4H2;(H,3,4)(H,5,6). The third-order valence-corrected chi connectivity index (χ3v) is 1.27. The fraction of sp³-hybridized carbons (Fsp3) is 0.667. The van der Waals surface area contributed by atoms with Gasteiger partial charge >= 0.3 is 11.9 Å². The first-order valence-corrected chi connectivity index (χ1v) is 3.44. The minimum atomic E-state index is -1.82. The maximum atomic E-state index is 9.10. The van der Waals surface area contributed by atoms with E-state index in [0.717, 1.165) is 25.9 Å². The van der Waals surface area contributed by atoms with Gasteiger partial charge in [-0.25, -0.2) is 9.59 Å². The van der Waals surface area contributed by atoms with Crippen LogP contribution < -0.4 is 0 Å². The molecule has 6 nitrogen and oxygen atoms in total. The minimum absolute atomic E-state index is 0.875. The molecule has 1 saturated heterocycles. The molecule has 0 unspecified atom stereocenters. The van der Waals surface area contributed by atoms with Crippen molar-refractivity contribution in [3.63, 3.8) is 0 Å². The van der Waals surface area contributed by atoms with Crippen molar-refractivity contribution >= 4 is 11.9 Å². The molecule has 0 amide bonds. The van der Waals surface area contributed by atoms with Crippen LogP contribution in [0.2, 0.25) is 0 Å². The van der Waals surface area contributed by atoms with Crippen molar-refractivity contribution in [1.29, 1.82) is 0 Å². The van der Waals surface area contributed by atoms with E-state index in [2.05, 4.69) is 0 Å². The molecule has 3 N–H and O–H groups in total. The van der Waals surface area contributed by atoms with Crippen LogP contribution >= 0.6 is 0 Å². The monoisotopic (exact) mass is 177 g/mol. The highest BCUT2D eigenvalue weighted by atomic mass is 16.5. The van der Waals surface area contributed by atoms with Crippen LogP contribution in [0.5, 0.6) is 0 Å². The molecule has 1 aliphatic rings. The van der Waals surface area contributed by atoms with Crippen LogP contribution in [0.3, 0.4) is 0 Å². The van der Waals surface area contributed by atoms with Gasteiger partial charge in [-0.05, 0) is 12.8 Å². The fourth-order valence-corrected chi connectivity index (χ4v) is 0.700. The molecule has 70 valence electrons. The normalized spacial score (nSPS) is 16.4. The number of hydrogen-bond acceptors (Lipinski definition) is 4. The Balaban J connectivity index is 0.000000202. The number of aliphatic carboxylic acids is 2. The van der Waals surface area contributed by atoms with Crippen LogP contribution in [-0.2, 0) is 9.59 Å². The highest BCUT2D eigenvalue weighted by molar-refractivity contribution is 6.27. The van der Waals surface area contributed by atoms with Crippen molar-refractivity contribution in [3.8, 4) is 0 Å². The molecule has 0 spiro atoms. The second kappa shape index (κ2) is 5.50. The lowest BCUT2D eigenvalue weighted by atomic mass is 10.4. The predicted octanol–water partition coefficient (Wildman–Crippen LogP) is -0.373. The molecule has 0 aromatic heterocycles. The molecule has 0 atom stereocenters. The molecule has 1 fully saturated rings. The van der Waals surface area contributed by atoms with Crippen molar-refractivity contribution in [3.05, 3.63) is 0 Å². The number of carbonyl (C=O) groups is 2. The van der Waals surface area contributed by atoms with E-state index in [1.807, 2.05) is 0 Å². The van der Waals surface area contributed by atoms with Gasteiger partial charge in [0.25, 0.3) is 0 Å². The first kappa shape index (κ1) is 10.9. The highest BCUT2D eigenvalue weighted by Gasteiger charge is 2.05. The van der Waals surface area contributed by atoms with Crippen LogP contribution in [0.15, 0.2) is 0 Å². The van der Waals surface area contributed by atoms with Crippen LogP contribution in [0.4, 0.5) is 0 Å². The maximum Gasteiger partial charge on any atom is 0.414 e. The third kappa shape index (κ3) is 5.63. The molecular formula is C6H11NO5. The number of rotatable bonds is 0. The number of hydroxylamine groups is 2. The van der Waals surface area contributed by atoms with Crippen LogP contribution in [-0.4, -0.2) is 45.5 Å². The SMILES string of the molecule is O=C(O)C(=O)O.ON1CCCC1. The van der Waals surface area contributed by atoms with Gasteiger partial charge in [0.2, 0.25) is 0 Å². The van der Waals surface area contributed by atoms with E-state index in [4.69, 9.17) is 25.0 Å².